The van der Waals surface area contributed by atoms with E-state index in [1.807, 2.05) is 10.8 Å². The highest BCUT2D eigenvalue weighted by atomic mass is 16.5. The molecule has 0 radical (unpaired) electrons. The molecule has 0 fully saturated rings. The number of nitrogens with zero attached hydrogens (tertiary/aromatic N) is 2. The lowest BCUT2D eigenvalue weighted by molar-refractivity contribution is -0.122. The zero-order valence-electron chi connectivity index (χ0n) is 14.6. The topological polar surface area (TPSA) is 85.2 Å². The molecule has 0 aliphatic carbocycles. The monoisotopic (exact) mass is 342 g/mol. The van der Waals surface area contributed by atoms with Gasteiger partial charge in [0.2, 0.25) is 0 Å². The van der Waals surface area contributed by atoms with E-state index in [9.17, 15) is 9.59 Å². The van der Waals surface area contributed by atoms with Crippen molar-refractivity contribution in [3.63, 3.8) is 0 Å². The summed E-state index contributed by atoms with van der Waals surface area (Å²) in [7, 11) is 0. The van der Waals surface area contributed by atoms with Gasteiger partial charge in [-0.3, -0.25) is 9.59 Å². The van der Waals surface area contributed by atoms with Crippen LogP contribution in [0.5, 0.6) is 5.75 Å². The van der Waals surface area contributed by atoms with Crippen LogP contribution in [0, 0.1) is 5.92 Å². The Morgan fingerprint density at radius 2 is 2.24 bits per heavy atom. The largest absolute Gasteiger partial charge is 0.478 e. The summed E-state index contributed by atoms with van der Waals surface area (Å²) in [5, 5.41) is 5.62. The van der Waals surface area contributed by atoms with E-state index in [0.29, 0.717) is 29.5 Å². The number of amides is 2. The molecule has 1 aromatic heterocycles. The summed E-state index contributed by atoms with van der Waals surface area (Å²) in [6.07, 6.45) is 3.01. The minimum Gasteiger partial charge on any atom is -0.478 e. The normalized spacial score (nSPS) is 16.2. The molecule has 132 valence electrons. The highest BCUT2D eigenvalue weighted by molar-refractivity contribution is 6.03. The molecule has 0 spiro atoms. The van der Waals surface area contributed by atoms with E-state index >= 15 is 0 Å². The molecule has 1 atom stereocenters. The van der Waals surface area contributed by atoms with Gasteiger partial charge in [-0.05, 0) is 25.0 Å². The van der Waals surface area contributed by atoms with Crippen LogP contribution >= 0.6 is 0 Å². The second-order valence-electron chi connectivity index (χ2n) is 6.50. The van der Waals surface area contributed by atoms with Gasteiger partial charge in [0.25, 0.3) is 11.8 Å². The lowest BCUT2D eigenvalue weighted by Crippen LogP contribution is -2.36. The van der Waals surface area contributed by atoms with E-state index in [2.05, 4.69) is 29.5 Å². The molecule has 7 nitrogen and oxygen atoms in total. The Bertz CT molecular complexity index is 797. The quantitative estimate of drug-likeness (QED) is 0.872. The molecule has 0 saturated heterocycles. The molecule has 0 bridgehead atoms. The molecule has 0 saturated carbocycles. The first-order chi connectivity index (χ1) is 12.0. The van der Waals surface area contributed by atoms with Gasteiger partial charge in [-0.1, -0.05) is 19.9 Å². The number of aromatic nitrogens is 2. The third-order valence-electron chi connectivity index (χ3n) is 3.95. The number of rotatable bonds is 5. The minimum atomic E-state index is -0.633. The number of nitrogens with one attached hydrogen (secondary N) is 2. The van der Waals surface area contributed by atoms with Crippen molar-refractivity contribution in [3.8, 4) is 5.75 Å². The van der Waals surface area contributed by atoms with Gasteiger partial charge < -0.3 is 19.9 Å². The molecule has 2 aromatic rings. The van der Waals surface area contributed by atoms with Crippen molar-refractivity contribution in [3.05, 3.63) is 42.0 Å². The van der Waals surface area contributed by atoms with E-state index in [1.54, 1.807) is 31.3 Å². The van der Waals surface area contributed by atoms with Crippen molar-refractivity contribution in [2.24, 2.45) is 5.92 Å². The van der Waals surface area contributed by atoms with Crippen LogP contribution in [0.3, 0.4) is 0 Å². The molecular formula is C18H22N4O3. The standard InChI is InChI=1S/C18H22N4O3/c1-11(2)10-22-8-7-19-15(22)9-20-18(24)13-5-4-6-14-16(13)25-12(3)17(23)21-14/h4-8,11-12H,9-10H2,1-3H3,(H,20,24)(H,21,23). The van der Waals surface area contributed by atoms with E-state index < -0.39 is 6.10 Å². The molecule has 7 heteroatoms. The van der Waals surface area contributed by atoms with Gasteiger partial charge >= 0.3 is 0 Å². The molecule has 2 amide bonds. The maximum atomic E-state index is 12.6. The number of para-hydroxylation sites is 1. The summed E-state index contributed by atoms with van der Waals surface area (Å²) in [5.74, 6) is 1.20. The molecule has 1 unspecified atom stereocenters. The maximum Gasteiger partial charge on any atom is 0.265 e. The highest BCUT2D eigenvalue weighted by Gasteiger charge is 2.27. The average Bonchev–Trinajstić information content (AvgIpc) is 2.99. The minimum absolute atomic E-state index is 0.222. The number of carbonyl (C=O) groups is 2. The fourth-order valence-corrected chi connectivity index (χ4v) is 2.73. The van der Waals surface area contributed by atoms with Crippen LogP contribution in [-0.2, 0) is 17.9 Å². The van der Waals surface area contributed by atoms with Crippen LogP contribution in [0.15, 0.2) is 30.6 Å². The van der Waals surface area contributed by atoms with Gasteiger partial charge in [0.15, 0.2) is 11.9 Å². The number of ether oxygens (including phenoxy) is 1. The van der Waals surface area contributed by atoms with Gasteiger partial charge in [0.05, 0.1) is 17.8 Å². The van der Waals surface area contributed by atoms with E-state index in [1.165, 1.54) is 0 Å². The number of hydrogen-bond donors (Lipinski definition) is 2. The summed E-state index contributed by atoms with van der Waals surface area (Å²) >= 11 is 0. The highest BCUT2D eigenvalue weighted by Crippen LogP contribution is 2.33. The lowest BCUT2D eigenvalue weighted by atomic mass is 10.1. The SMILES string of the molecule is CC(C)Cn1ccnc1CNC(=O)c1cccc2c1OC(C)C(=O)N2. The number of carbonyl (C=O) groups excluding carboxylic acids is 2. The maximum absolute atomic E-state index is 12.6. The molecular weight excluding hydrogens is 320 g/mol. The molecule has 3 rings (SSSR count). The third kappa shape index (κ3) is 3.65. The second-order valence-corrected chi connectivity index (χ2v) is 6.50. The van der Waals surface area contributed by atoms with E-state index in [0.717, 1.165) is 12.4 Å². The molecule has 1 aromatic carbocycles. The Kier molecular flexibility index (Phi) is 4.74. The van der Waals surface area contributed by atoms with Crippen molar-refractivity contribution in [2.75, 3.05) is 5.32 Å². The summed E-state index contributed by atoms with van der Waals surface area (Å²) in [5.41, 5.74) is 0.906. The van der Waals surface area contributed by atoms with Gasteiger partial charge in [0.1, 0.15) is 5.82 Å². The smallest absolute Gasteiger partial charge is 0.265 e. The fourth-order valence-electron chi connectivity index (χ4n) is 2.73. The van der Waals surface area contributed by atoms with Crippen LogP contribution in [0.4, 0.5) is 5.69 Å². The number of fused-ring (bicyclic) bond motifs is 1. The zero-order valence-corrected chi connectivity index (χ0v) is 14.6. The van der Waals surface area contributed by atoms with Crippen molar-refractivity contribution in [2.45, 2.75) is 40.0 Å². The first-order valence-corrected chi connectivity index (χ1v) is 8.34. The van der Waals surface area contributed by atoms with Crippen LogP contribution in [0.2, 0.25) is 0 Å². The molecule has 1 aliphatic heterocycles. The predicted molar refractivity (Wildman–Crippen MR) is 93.4 cm³/mol. The van der Waals surface area contributed by atoms with Crippen LogP contribution in [0.1, 0.15) is 37.0 Å². The Hall–Kier alpha value is -2.83. The van der Waals surface area contributed by atoms with Crippen molar-refractivity contribution < 1.29 is 14.3 Å². The van der Waals surface area contributed by atoms with Gasteiger partial charge in [-0.2, -0.15) is 0 Å². The number of benzene rings is 1. The van der Waals surface area contributed by atoms with Gasteiger partial charge in [-0.25, -0.2) is 4.98 Å². The second kappa shape index (κ2) is 6.96. The van der Waals surface area contributed by atoms with Crippen LogP contribution < -0.4 is 15.4 Å². The Morgan fingerprint density at radius 3 is 3.00 bits per heavy atom. The Labute approximate surface area is 146 Å². The number of anilines is 1. The summed E-state index contributed by atoms with van der Waals surface area (Å²) in [6.45, 7) is 7.08. The molecule has 2 N–H and O–H groups in total. The van der Waals surface area contributed by atoms with E-state index in [-0.39, 0.29) is 11.8 Å². The summed E-state index contributed by atoms with van der Waals surface area (Å²) < 4.78 is 7.65. The number of imidazole rings is 1. The molecule has 25 heavy (non-hydrogen) atoms. The summed E-state index contributed by atoms with van der Waals surface area (Å²) in [6, 6.07) is 5.11. The Morgan fingerprint density at radius 1 is 1.44 bits per heavy atom. The van der Waals surface area contributed by atoms with Gasteiger partial charge in [-0.15, -0.1) is 0 Å². The fraction of sp³-hybridized carbons (Fsp3) is 0.389. The first kappa shape index (κ1) is 17.0. The predicted octanol–water partition coefficient (Wildman–Crippen LogP) is 2.19. The average molecular weight is 342 g/mol. The number of hydrogen-bond acceptors (Lipinski definition) is 4. The van der Waals surface area contributed by atoms with Crippen LogP contribution in [-0.4, -0.2) is 27.5 Å². The van der Waals surface area contributed by atoms with Crippen molar-refractivity contribution in [1.82, 2.24) is 14.9 Å². The Balaban J connectivity index is 1.74. The van der Waals surface area contributed by atoms with Gasteiger partial charge in [0, 0.05) is 18.9 Å². The third-order valence-corrected chi connectivity index (χ3v) is 3.95. The first-order valence-electron chi connectivity index (χ1n) is 8.34. The van der Waals surface area contributed by atoms with Crippen LogP contribution in [0.25, 0.3) is 0 Å². The lowest BCUT2D eigenvalue weighted by Gasteiger charge is -2.25. The summed E-state index contributed by atoms with van der Waals surface area (Å²) in [4.78, 5) is 28.6. The van der Waals surface area contributed by atoms with Crippen molar-refractivity contribution in [1.29, 1.82) is 0 Å². The van der Waals surface area contributed by atoms with E-state index in [4.69, 9.17) is 4.74 Å². The van der Waals surface area contributed by atoms with Crippen molar-refractivity contribution >= 4 is 17.5 Å². The molecule has 1 aliphatic rings. The molecule has 2 heterocycles. The zero-order chi connectivity index (χ0) is 18.0.